The van der Waals surface area contributed by atoms with Crippen molar-refractivity contribution in [2.75, 3.05) is 0 Å². The van der Waals surface area contributed by atoms with Crippen molar-refractivity contribution in [1.82, 2.24) is 14.9 Å². The second-order valence-electron chi connectivity index (χ2n) is 5.56. The molecule has 0 unspecified atom stereocenters. The fourth-order valence-corrected chi connectivity index (χ4v) is 2.83. The molecule has 24 heavy (non-hydrogen) atoms. The Hall–Kier alpha value is -2.59. The Bertz CT molecular complexity index is 857. The van der Waals surface area contributed by atoms with Gasteiger partial charge in [0.2, 0.25) is 5.91 Å². The van der Waals surface area contributed by atoms with Gasteiger partial charge in [-0.05, 0) is 36.2 Å². The van der Waals surface area contributed by atoms with Gasteiger partial charge in [-0.3, -0.25) is 4.79 Å². The first-order chi connectivity index (χ1) is 11.6. The molecule has 1 aromatic heterocycles. The lowest BCUT2D eigenvalue weighted by atomic mass is 10.1. The lowest BCUT2D eigenvalue weighted by Crippen LogP contribution is -2.25. The van der Waals surface area contributed by atoms with E-state index in [1.807, 2.05) is 60.2 Å². The van der Waals surface area contributed by atoms with Crippen molar-refractivity contribution >= 4 is 17.5 Å². The lowest BCUT2D eigenvalue weighted by molar-refractivity contribution is -0.120. The minimum atomic E-state index is -0.0329. The van der Waals surface area contributed by atoms with Crippen LogP contribution in [0, 0.1) is 6.92 Å². The molecule has 2 aromatic carbocycles. The van der Waals surface area contributed by atoms with Crippen molar-refractivity contribution in [3.05, 3.63) is 82.9 Å². The molecular weight excluding hydrogens is 322 g/mol. The number of carbonyl (C=O) groups excluding carboxylic acids is 1. The van der Waals surface area contributed by atoms with E-state index in [1.54, 1.807) is 12.3 Å². The minimum Gasteiger partial charge on any atom is -0.352 e. The Kier molecular flexibility index (Phi) is 4.96. The molecule has 0 spiro atoms. The van der Waals surface area contributed by atoms with Crippen LogP contribution in [0.1, 0.15) is 17.0 Å². The predicted octanol–water partition coefficient (Wildman–Crippen LogP) is 3.69. The first kappa shape index (κ1) is 16.3. The van der Waals surface area contributed by atoms with E-state index >= 15 is 0 Å². The molecule has 0 bridgehead atoms. The van der Waals surface area contributed by atoms with Gasteiger partial charge in [0, 0.05) is 24.0 Å². The maximum Gasteiger partial charge on any atom is 0.224 e. The average Bonchev–Trinajstić information content (AvgIpc) is 2.99. The van der Waals surface area contributed by atoms with Crippen LogP contribution in [0.4, 0.5) is 0 Å². The summed E-state index contributed by atoms with van der Waals surface area (Å²) >= 11 is 5.95. The number of nitrogens with one attached hydrogen (secondary N) is 1. The lowest BCUT2D eigenvalue weighted by Gasteiger charge is -2.12. The fourth-order valence-electron chi connectivity index (χ4n) is 2.62. The van der Waals surface area contributed by atoms with Crippen LogP contribution >= 0.6 is 11.6 Å². The van der Waals surface area contributed by atoms with Gasteiger partial charge < -0.3 is 9.88 Å². The van der Waals surface area contributed by atoms with Crippen LogP contribution in [-0.2, 0) is 17.8 Å². The van der Waals surface area contributed by atoms with E-state index in [2.05, 4.69) is 10.3 Å². The highest BCUT2D eigenvalue weighted by Gasteiger charge is 2.08. The van der Waals surface area contributed by atoms with Crippen LogP contribution < -0.4 is 5.32 Å². The Morgan fingerprint density at radius 2 is 2.04 bits per heavy atom. The summed E-state index contributed by atoms with van der Waals surface area (Å²) in [6.45, 7) is 2.42. The molecule has 0 fully saturated rings. The number of nitrogens with zero attached hydrogens (tertiary/aromatic N) is 2. The Labute approximate surface area is 146 Å². The molecule has 0 saturated heterocycles. The van der Waals surface area contributed by atoms with Crippen molar-refractivity contribution in [2.24, 2.45) is 0 Å². The van der Waals surface area contributed by atoms with Gasteiger partial charge in [0.1, 0.15) is 5.82 Å². The molecule has 3 aromatic rings. The molecular formula is C19H18ClN3O. The quantitative estimate of drug-likeness (QED) is 0.770. The Morgan fingerprint density at radius 3 is 2.79 bits per heavy atom. The molecule has 3 rings (SSSR count). The Morgan fingerprint density at radius 1 is 1.21 bits per heavy atom. The molecule has 4 nitrogen and oxygen atoms in total. The number of hydrogen-bond acceptors (Lipinski definition) is 2. The summed E-state index contributed by atoms with van der Waals surface area (Å²) in [7, 11) is 0. The summed E-state index contributed by atoms with van der Waals surface area (Å²) in [5.74, 6) is 0.877. The first-order valence-electron chi connectivity index (χ1n) is 7.73. The summed E-state index contributed by atoms with van der Waals surface area (Å²) in [6.07, 6.45) is 4.00. The smallest absolute Gasteiger partial charge is 0.224 e. The normalized spacial score (nSPS) is 10.6. The average molecular weight is 340 g/mol. The molecule has 0 aliphatic heterocycles. The van der Waals surface area contributed by atoms with Gasteiger partial charge in [-0.25, -0.2) is 4.98 Å². The SMILES string of the molecule is Cc1nccn1-c1ccccc1CNC(=O)Cc1cccc(Cl)c1. The molecule has 1 heterocycles. The molecule has 0 saturated carbocycles. The number of benzene rings is 2. The number of halogens is 1. The zero-order valence-corrected chi connectivity index (χ0v) is 14.1. The van der Waals surface area contributed by atoms with Crippen molar-refractivity contribution in [2.45, 2.75) is 19.9 Å². The maximum atomic E-state index is 12.2. The molecule has 0 aliphatic rings. The van der Waals surface area contributed by atoms with E-state index in [0.29, 0.717) is 18.0 Å². The number of amides is 1. The third-order valence-corrected chi connectivity index (χ3v) is 4.04. The first-order valence-corrected chi connectivity index (χ1v) is 8.10. The van der Waals surface area contributed by atoms with Gasteiger partial charge in [0.25, 0.3) is 0 Å². The van der Waals surface area contributed by atoms with Crippen LogP contribution in [0.5, 0.6) is 0 Å². The van der Waals surface area contributed by atoms with Gasteiger partial charge >= 0.3 is 0 Å². The van der Waals surface area contributed by atoms with Crippen molar-refractivity contribution in [1.29, 1.82) is 0 Å². The van der Waals surface area contributed by atoms with Crippen LogP contribution in [0.15, 0.2) is 60.9 Å². The molecule has 5 heteroatoms. The summed E-state index contributed by atoms with van der Waals surface area (Å²) in [4.78, 5) is 16.4. The minimum absolute atomic E-state index is 0.0329. The van der Waals surface area contributed by atoms with Gasteiger partial charge in [-0.2, -0.15) is 0 Å². The van der Waals surface area contributed by atoms with Crippen LogP contribution in [0.2, 0.25) is 5.02 Å². The number of aromatic nitrogens is 2. The topological polar surface area (TPSA) is 46.9 Å². The summed E-state index contributed by atoms with van der Waals surface area (Å²) in [6, 6.07) is 15.3. The summed E-state index contributed by atoms with van der Waals surface area (Å²) in [5, 5.41) is 3.61. The zero-order valence-electron chi connectivity index (χ0n) is 13.4. The largest absolute Gasteiger partial charge is 0.352 e. The third-order valence-electron chi connectivity index (χ3n) is 3.81. The summed E-state index contributed by atoms with van der Waals surface area (Å²) < 4.78 is 2.01. The molecule has 1 N–H and O–H groups in total. The van der Waals surface area contributed by atoms with Crippen LogP contribution in [-0.4, -0.2) is 15.5 Å². The second-order valence-corrected chi connectivity index (χ2v) is 5.99. The number of aryl methyl sites for hydroxylation is 1. The fraction of sp³-hybridized carbons (Fsp3) is 0.158. The van der Waals surface area contributed by atoms with Crippen molar-refractivity contribution < 1.29 is 4.79 Å². The molecule has 0 radical (unpaired) electrons. The van der Waals surface area contributed by atoms with E-state index in [1.165, 1.54) is 0 Å². The van der Waals surface area contributed by atoms with Gasteiger partial charge in [-0.1, -0.05) is 41.9 Å². The number of hydrogen-bond donors (Lipinski definition) is 1. The van der Waals surface area contributed by atoms with E-state index in [-0.39, 0.29) is 5.91 Å². The zero-order chi connectivity index (χ0) is 16.9. The highest BCUT2D eigenvalue weighted by molar-refractivity contribution is 6.30. The van der Waals surface area contributed by atoms with Gasteiger partial charge in [0.15, 0.2) is 0 Å². The highest BCUT2D eigenvalue weighted by Crippen LogP contribution is 2.16. The second kappa shape index (κ2) is 7.32. The molecule has 0 aliphatic carbocycles. The molecule has 0 atom stereocenters. The van der Waals surface area contributed by atoms with E-state index in [9.17, 15) is 4.79 Å². The molecule has 1 amide bonds. The van der Waals surface area contributed by atoms with E-state index in [0.717, 1.165) is 22.6 Å². The standard InChI is InChI=1S/C19H18ClN3O/c1-14-21-9-10-23(14)18-8-3-2-6-16(18)13-22-19(24)12-15-5-4-7-17(20)11-15/h2-11H,12-13H2,1H3,(H,22,24). The van der Waals surface area contributed by atoms with Crippen molar-refractivity contribution in [3.63, 3.8) is 0 Å². The highest BCUT2D eigenvalue weighted by atomic mass is 35.5. The summed E-state index contributed by atoms with van der Waals surface area (Å²) in [5.41, 5.74) is 2.97. The van der Waals surface area contributed by atoms with Crippen LogP contribution in [0.3, 0.4) is 0 Å². The third kappa shape index (κ3) is 3.84. The van der Waals surface area contributed by atoms with Gasteiger partial charge in [0.05, 0.1) is 12.1 Å². The molecule has 122 valence electrons. The monoisotopic (exact) mass is 339 g/mol. The number of imidazole rings is 1. The number of rotatable bonds is 5. The predicted molar refractivity (Wildman–Crippen MR) is 95.3 cm³/mol. The van der Waals surface area contributed by atoms with Crippen molar-refractivity contribution in [3.8, 4) is 5.69 Å². The van der Waals surface area contributed by atoms with Crippen LogP contribution in [0.25, 0.3) is 5.69 Å². The Balaban J connectivity index is 1.69. The van der Waals surface area contributed by atoms with E-state index in [4.69, 9.17) is 11.6 Å². The van der Waals surface area contributed by atoms with Gasteiger partial charge in [-0.15, -0.1) is 0 Å². The maximum absolute atomic E-state index is 12.2. The van der Waals surface area contributed by atoms with E-state index < -0.39 is 0 Å². The number of carbonyl (C=O) groups is 1. The number of para-hydroxylation sites is 1.